The molecule has 108 valence electrons. The van der Waals surface area contributed by atoms with Crippen molar-refractivity contribution in [3.8, 4) is 0 Å². The molecule has 0 aromatic heterocycles. The first-order chi connectivity index (χ1) is 8.34. The second-order valence-corrected chi connectivity index (χ2v) is 5.82. The van der Waals surface area contributed by atoms with Crippen LogP contribution in [0.1, 0.15) is 54.4 Å². The van der Waals surface area contributed by atoms with Crippen molar-refractivity contribution in [1.29, 1.82) is 0 Å². The highest BCUT2D eigenvalue weighted by Gasteiger charge is 2.34. The third-order valence-electron chi connectivity index (χ3n) is 3.91. The molecule has 1 unspecified atom stereocenters. The molecule has 0 aromatic rings. The lowest BCUT2D eigenvalue weighted by atomic mass is 9.86. The molecule has 0 spiro atoms. The maximum Gasteiger partial charge on any atom is 0.219 e. The van der Waals surface area contributed by atoms with Crippen LogP contribution in [0.25, 0.3) is 0 Å². The lowest BCUT2D eigenvalue weighted by molar-refractivity contribution is -0.127. The molecule has 18 heavy (non-hydrogen) atoms. The van der Waals surface area contributed by atoms with E-state index in [4.69, 9.17) is 0 Å². The zero-order valence-corrected chi connectivity index (χ0v) is 13.4. The Morgan fingerprint density at radius 1 is 1.39 bits per heavy atom. The van der Waals surface area contributed by atoms with Gasteiger partial charge in [0.1, 0.15) is 0 Å². The number of likely N-dealkylation sites (tertiary alicyclic amines) is 1. The molecule has 0 saturated carbocycles. The Labute approximate surface area is 114 Å². The van der Waals surface area contributed by atoms with E-state index in [1.807, 2.05) is 25.8 Å². The number of amides is 1. The third kappa shape index (κ3) is 5.38. The van der Waals surface area contributed by atoms with Crippen molar-refractivity contribution in [1.82, 2.24) is 9.80 Å². The van der Waals surface area contributed by atoms with Gasteiger partial charge in [-0.1, -0.05) is 20.8 Å². The second kappa shape index (κ2) is 7.78. The fraction of sp³-hybridized carbons (Fsp3) is 0.933. The first kappa shape index (κ1) is 17.4. The number of hydrogen-bond donors (Lipinski definition) is 0. The largest absolute Gasteiger partial charge is 0.346 e. The van der Waals surface area contributed by atoms with Gasteiger partial charge in [-0.3, -0.25) is 4.79 Å². The van der Waals surface area contributed by atoms with Crippen LogP contribution >= 0.6 is 0 Å². The molecule has 1 heterocycles. The minimum absolute atomic E-state index is 0.169. The summed E-state index contributed by atoms with van der Waals surface area (Å²) in [6, 6.07) is 0.646. The predicted molar refractivity (Wildman–Crippen MR) is 78.7 cm³/mol. The molecule has 1 fully saturated rings. The minimum atomic E-state index is 0.169. The average molecular weight is 256 g/mol. The minimum Gasteiger partial charge on any atom is -0.346 e. The lowest BCUT2D eigenvalue weighted by Gasteiger charge is -2.28. The highest BCUT2D eigenvalue weighted by molar-refractivity contribution is 5.72. The van der Waals surface area contributed by atoms with Crippen molar-refractivity contribution in [2.75, 3.05) is 26.7 Å². The molecule has 1 saturated heterocycles. The maximum absolute atomic E-state index is 11.1. The zero-order chi connectivity index (χ0) is 14.3. The van der Waals surface area contributed by atoms with Crippen LogP contribution in [-0.2, 0) is 4.79 Å². The van der Waals surface area contributed by atoms with E-state index >= 15 is 0 Å². The van der Waals surface area contributed by atoms with Crippen LogP contribution in [-0.4, -0.2) is 48.4 Å². The van der Waals surface area contributed by atoms with E-state index in [0.717, 1.165) is 13.0 Å². The Hall–Kier alpha value is -0.570. The van der Waals surface area contributed by atoms with E-state index in [0.29, 0.717) is 11.5 Å². The summed E-state index contributed by atoms with van der Waals surface area (Å²) in [5, 5.41) is 0. The smallest absolute Gasteiger partial charge is 0.219 e. The fourth-order valence-corrected chi connectivity index (χ4v) is 2.30. The van der Waals surface area contributed by atoms with Gasteiger partial charge < -0.3 is 9.80 Å². The number of rotatable bonds is 4. The predicted octanol–water partition coefficient (Wildman–Crippen LogP) is 3.00. The third-order valence-corrected chi connectivity index (χ3v) is 3.91. The fourth-order valence-electron chi connectivity index (χ4n) is 2.30. The van der Waals surface area contributed by atoms with Gasteiger partial charge in [0.05, 0.1) is 0 Å². The SMILES string of the molecule is CC.CC(=O)N(C)CCC1(C)CCN(C(C)C)C1. The molecule has 0 aromatic carbocycles. The zero-order valence-electron chi connectivity index (χ0n) is 13.4. The van der Waals surface area contributed by atoms with E-state index in [1.54, 1.807) is 6.92 Å². The quantitative estimate of drug-likeness (QED) is 0.772. The average Bonchev–Trinajstić information content (AvgIpc) is 2.72. The lowest BCUT2D eigenvalue weighted by Crippen LogP contribution is -2.33. The number of hydrogen-bond acceptors (Lipinski definition) is 2. The molecule has 3 heteroatoms. The molecular formula is C15H32N2O. The summed E-state index contributed by atoms with van der Waals surface area (Å²) in [6.07, 6.45) is 2.38. The summed E-state index contributed by atoms with van der Waals surface area (Å²) in [4.78, 5) is 15.5. The Kier molecular flexibility index (Phi) is 7.53. The number of nitrogens with zero attached hydrogens (tertiary/aromatic N) is 2. The molecule has 0 bridgehead atoms. The molecule has 1 atom stereocenters. The van der Waals surface area contributed by atoms with Crippen LogP contribution in [0.3, 0.4) is 0 Å². The number of carbonyl (C=O) groups is 1. The molecule has 0 aliphatic carbocycles. The Bertz CT molecular complexity index is 253. The van der Waals surface area contributed by atoms with Crippen molar-refractivity contribution in [3.63, 3.8) is 0 Å². The van der Waals surface area contributed by atoms with Gasteiger partial charge in [0.15, 0.2) is 0 Å². The van der Waals surface area contributed by atoms with E-state index in [2.05, 4.69) is 25.7 Å². The molecule has 3 nitrogen and oxygen atoms in total. The molecule has 1 rings (SSSR count). The highest BCUT2D eigenvalue weighted by Crippen LogP contribution is 2.34. The van der Waals surface area contributed by atoms with Gasteiger partial charge >= 0.3 is 0 Å². The molecule has 0 radical (unpaired) electrons. The van der Waals surface area contributed by atoms with Crippen molar-refractivity contribution in [3.05, 3.63) is 0 Å². The molecule has 1 aliphatic rings. The Morgan fingerprint density at radius 2 is 1.94 bits per heavy atom. The Morgan fingerprint density at radius 3 is 2.33 bits per heavy atom. The summed E-state index contributed by atoms with van der Waals surface area (Å²) in [7, 11) is 1.89. The summed E-state index contributed by atoms with van der Waals surface area (Å²) < 4.78 is 0. The van der Waals surface area contributed by atoms with Crippen LogP contribution in [0.4, 0.5) is 0 Å². The van der Waals surface area contributed by atoms with E-state index in [9.17, 15) is 4.79 Å². The number of carbonyl (C=O) groups excluding carboxylic acids is 1. The van der Waals surface area contributed by atoms with E-state index in [1.165, 1.54) is 19.5 Å². The monoisotopic (exact) mass is 256 g/mol. The molecule has 1 amide bonds. The first-order valence-corrected chi connectivity index (χ1v) is 7.30. The topological polar surface area (TPSA) is 23.6 Å². The van der Waals surface area contributed by atoms with Gasteiger partial charge in [0.2, 0.25) is 5.91 Å². The molecule has 0 N–H and O–H groups in total. The van der Waals surface area contributed by atoms with E-state index < -0.39 is 0 Å². The van der Waals surface area contributed by atoms with Crippen molar-refractivity contribution in [2.24, 2.45) is 5.41 Å². The summed E-state index contributed by atoms with van der Waals surface area (Å²) in [5.74, 6) is 0.169. The van der Waals surface area contributed by atoms with E-state index in [-0.39, 0.29) is 5.91 Å². The van der Waals surface area contributed by atoms with Crippen LogP contribution in [0.15, 0.2) is 0 Å². The van der Waals surface area contributed by atoms with Crippen LogP contribution in [0.2, 0.25) is 0 Å². The normalized spacial score (nSPS) is 23.8. The van der Waals surface area contributed by atoms with Crippen molar-refractivity contribution < 1.29 is 4.79 Å². The maximum atomic E-state index is 11.1. The second-order valence-electron chi connectivity index (χ2n) is 5.82. The molecular weight excluding hydrogens is 224 g/mol. The van der Waals surface area contributed by atoms with Crippen LogP contribution < -0.4 is 0 Å². The summed E-state index contributed by atoms with van der Waals surface area (Å²) >= 11 is 0. The summed E-state index contributed by atoms with van der Waals surface area (Å²) in [6.45, 7) is 15.8. The van der Waals surface area contributed by atoms with Gasteiger partial charge in [0.25, 0.3) is 0 Å². The van der Waals surface area contributed by atoms with Crippen molar-refractivity contribution >= 4 is 5.91 Å². The van der Waals surface area contributed by atoms with Gasteiger partial charge in [0, 0.05) is 33.1 Å². The van der Waals surface area contributed by atoms with Gasteiger partial charge in [-0.25, -0.2) is 0 Å². The standard InChI is InChI=1S/C13H26N2O.C2H6/c1-11(2)15-9-7-13(4,10-15)6-8-14(5)12(3)16;1-2/h11H,6-10H2,1-5H3;1-2H3. The van der Waals surface area contributed by atoms with Crippen LogP contribution in [0.5, 0.6) is 0 Å². The van der Waals surface area contributed by atoms with Gasteiger partial charge in [-0.05, 0) is 38.6 Å². The molecule has 1 aliphatic heterocycles. The highest BCUT2D eigenvalue weighted by atomic mass is 16.2. The Balaban J connectivity index is 0.00000137. The van der Waals surface area contributed by atoms with Gasteiger partial charge in [-0.2, -0.15) is 0 Å². The van der Waals surface area contributed by atoms with Crippen LogP contribution in [0, 0.1) is 5.41 Å². The summed E-state index contributed by atoms with van der Waals surface area (Å²) in [5.41, 5.74) is 0.397. The van der Waals surface area contributed by atoms with Gasteiger partial charge in [-0.15, -0.1) is 0 Å². The first-order valence-electron chi connectivity index (χ1n) is 7.30. The van der Waals surface area contributed by atoms with Crippen molar-refractivity contribution in [2.45, 2.75) is 60.4 Å².